The maximum atomic E-state index is 14.7. The van der Waals surface area contributed by atoms with Gasteiger partial charge in [0.05, 0.1) is 17.7 Å². The largest absolute Gasteiger partial charge is 0.497 e. The van der Waals surface area contributed by atoms with E-state index in [-0.39, 0.29) is 35.5 Å². The van der Waals surface area contributed by atoms with Gasteiger partial charge in [0.15, 0.2) is 0 Å². The van der Waals surface area contributed by atoms with Crippen molar-refractivity contribution >= 4 is 27.5 Å². The highest BCUT2D eigenvalue weighted by Crippen LogP contribution is 2.28. The van der Waals surface area contributed by atoms with Crippen molar-refractivity contribution in [2.45, 2.75) is 62.6 Å². The Morgan fingerprint density at radius 3 is 2.20 bits per heavy atom. The molecule has 1 aliphatic rings. The number of aryl methyl sites for hydroxylation is 1. The Morgan fingerprint density at radius 1 is 0.870 bits per heavy atom. The topological polar surface area (TPSA) is 96.0 Å². The van der Waals surface area contributed by atoms with Crippen molar-refractivity contribution in [3.8, 4) is 5.75 Å². The Balaban J connectivity index is 1.58. The van der Waals surface area contributed by atoms with Crippen molar-refractivity contribution in [3.63, 3.8) is 0 Å². The van der Waals surface area contributed by atoms with Crippen LogP contribution in [0.1, 0.15) is 42.4 Å². The average Bonchev–Trinajstić information content (AvgIpc) is 3.59. The van der Waals surface area contributed by atoms with Crippen LogP contribution in [-0.2, 0) is 32.6 Å². The third-order valence-corrected chi connectivity index (χ3v) is 10.3. The predicted molar refractivity (Wildman–Crippen MR) is 180 cm³/mol. The van der Waals surface area contributed by atoms with Crippen molar-refractivity contribution in [2.24, 2.45) is 0 Å². The second kappa shape index (κ2) is 15.1. The van der Waals surface area contributed by atoms with Crippen molar-refractivity contribution in [1.82, 2.24) is 10.2 Å². The number of benzene rings is 4. The molecule has 0 spiro atoms. The maximum absolute atomic E-state index is 14.7. The minimum absolute atomic E-state index is 0.0490. The van der Waals surface area contributed by atoms with Gasteiger partial charge in [-0.2, -0.15) is 0 Å². The van der Waals surface area contributed by atoms with Gasteiger partial charge in [-0.15, -0.1) is 0 Å². The zero-order chi connectivity index (χ0) is 32.5. The van der Waals surface area contributed by atoms with Gasteiger partial charge in [0.25, 0.3) is 10.0 Å². The molecule has 1 atom stereocenters. The standard InChI is InChI=1S/C37H41N3O5S/c1-28-14-9-10-17-30(28)26-39(35(24-29-15-5-3-6-16-29)37(42)38-31-18-11-12-19-31)36(41)27-40(32-20-13-21-33(25-32)45-2)46(43,44)34-22-7-4-8-23-34/h3-10,13-17,20-23,25,31,35H,11-12,18-19,24,26-27H2,1-2H3,(H,38,42)/t35-/m1/s1. The van der Waals surface area contributed by atoms with E-state index in [9.17, 15) is 18.0 Å². The Morgan fingerprint density at radius 2 is 1.52 bits per heavy atom. The first kappa shape index (κ1) is 32.8. The number of methoxy groups -OCH3 is 1. The second-order valence-electron chi connectivity index (χ2n) is 11.7. The fraction of sp³-hybridized carbons (Fsp3) is 0.297. The van der Waals surface area contributed by atoms with E-state index in [0.29, 0.717) is 5.75 Å². The summed E-state index contributed by atoms with van der Waals surface area (Å²) < 4.78 is 34.8. The Hall–Kier alpha value is -4.63. The number of nitrogens with zero attached hydrogens (tertiary/aromatic N) is 2. The SMILES string of the molecule is COc1cccc(N(CC(=O)N(Cc2ccccc2C)[C@H](Cc2ccccc2)C(=O)NC2CCCC2)S(=O)(=O)c2ccccc2)c1. The van der Waals surface area contributed by atoms with E-state index in [1.807, 2.05) is 61.5 Å². The molecule has 1 N–H and O–H groups in total. The second-order valence-corrected chi connectivity index (χ2v) is 13.5. The molecular weight excluding hydrogens is 598 g/mol. The molecule has 4 aromatic rings. The summed E-state index contributed by atoms with van der Waals surface area (Å²) in [6.45, 7) is 1.59. The smallest absolute Gasteiger partial charge is 0.264 e. The van der Waals surface area contributed by atoms with Crippen LogP contribution >= 0.6 is 0 Å². The summed E-state index contributed by atoms with van der Waals surface area (Å²) in [7, 11) is -2.68. The van der Waals surface area contributed by atoms with E-state index in [0.717, 1.165) is 46.7 Å². The molecule has 46 heavy (non-hydrogen) atoms. The summed E-state index contributed by atoms with van der Waals surface area (Å²) in [6.07, 6.45) is 4.17. The molecule has 1 fully saturated rings. The molecule has 0 aromatic heterocycles. The highest BCUT2D eigenvalue weighted by molar-refractivity contribution is 7.92. The normalized spacial score (nSPS) is 14.0. The van der Waals surface area contributed by atoms with Gasteiger partial charge in [0.1, 0.15) is 18.3 Å². The number of nitrogens with one attached hydrogen (secondary N) is 1. The number of sulfonamides is 1. The lowest BCUT2D eigenvalue weighted by atomic mass is 10.0. The van der Waals surface area contributed by atoms with Crippen LogP contribution in [0.4, 0.5) is 5.69 Å². The van der Waals surface area contributed by atoms with Gasteiger partial charge in [0.2, 0.25) is 11.8 Å². The van der Waals surface area contributed by atoms with Crippen molar-refractivity contribution in [1.29, 1.82) is 0 Å². The van der Waals surface area contributed by atoms with Crippen LogP contribution in [0, 0.1) is 6.92 Å². The molecule has 0 heterocycles. The number of hydrogen-bond acceptors (Lipinski definition) is 5. The van der Waals surface area contributed by atoms with Crippen LogP contribution in [0.15, 0.2) is 114 Å². The van der Waals surface area contributed by atoms with E-state index in [1.54, 1.807) is 47.4 Å². The minimum Gasteiger partial charge on any atom is -0.497 e. The maximum Gasteiger partial charge on any atom is 0.264 e. The molecule has 0 bridgehead atoms. The van der Waals surface area contributed by atoms with Crippen LogP contribution in [0.25, 0.3) is 0 Å². The first-order valence-corrected chi connectivity index (χ1v) is 17.1. The van der Waals surface area contributed by atoms with Gasteiger partial charge in [-0.1, -0.05) is 91.7 Å². The van der Waals surface area contributed by atoms with Crippen LogP contribution in [-0.4, -0.2) is 50.9 Å². The fourth-order valence-electron chi connectivity index (χ4n) is 5.91. The van der Waals surface area contributed by atoms with E-state index in [4.69, 9.17) is 4.74 Å². The van der Waals surface area contributed by atoms with Gasteiger partial charge in [-0.25, -0.2) is 8.42 Å². The predicted octanol–water partition coefficient (Wildman–Crippen LogP) is 5.90. The van der Waals surface area contributed by atoms with Crippen molar-refractivity contribution in [3.05, 3.63) is 126 Å². The third kappa shape index (κ3) is 7.95. The molecule has 5 rings (SSSR count). The van der Waals surface area contributed by atoms with Crippen LogP contribution < -0.4 is 14.4 Å². The zero-order valence-corrected chi connectivity index (χ0v) is 27.2. The average molecular weight is 640 g/mol. The zero-order valence-electron chi connectivity index (χ0n) is 26.3. The molecule has 0 unspecified atom stereocenters. The van der Waals surface area contributed by atoms with Gasteiger partial charge in [-0.05, 0) is 60.7 Å². The minimum atomic E-state index is -4.18. The van der Waals surface area contributed by atoms with Gasteiger partial charge < -0.3 is 15.0 Å². The fourth-order valence-corrected chi connectivity index (χ4v) is 7.33. The van der Waals surface area contributed by atoms with E-state index in [2.05, 4.69) is 5.32 Å². The lowest BCUT2D eigenvalue weighted by Gasteiger charge is -2.34. The molecule has 9 heteroatoms. The molecule has 1 aliphatic carbocycles. The highest BCUT2D eigenvalue weighted by atomic mass is 32.2. The summed E-state index contributed by atoms with van der Waals surface area (Å²) in [4.78, 5) is 30.4. The summed E-state index contributed by atoms with van der Waals surface area (Å²) in [6, 6.07) is 31.2. The Kier molecular flexibility index (Phi) is 10.8. The van der Waals surface area contributed by atoms with E-state index >= 15 is 0 Å². The molecule has 8 nitrogen and oxygen atoms in total. The van der Waals surface area contributed by atoms with Gasteiger partial charge >= 0.3 is 0 Å². The molecule has 1 saturated carbocycles. The highest BCUT2D eigenvalue weighted by Gasteiger charge is 2.35. The first-order valence-electron chi connectivity index (χ1n) is 15.7. The number of carbonyl (C=O) groups excluding carboxylic acids is 2. The molecule has 2 amide bonds. The number of hydrogen-bond donors (Lipinski definition) is 1. The number of ether oxygens (including phenoxy) is 1. The number of rotatable bonds is 13. The third-order valence-electron chi connectivity index (χ3n) is 8.53. The quantitative estimate of drug-likeness (QED) is 0.197. The summed E-state index contributed by atoms with van der Waals surface area (Å²) in [5, 5.41) is 3.21. The molecular formula is C37H41N3O5S. The molecule has 0 aliphatic heterocycles. The summed E-state index contributed by atoms with van der Waals surface area (Å²) in [5.74, 6) is -0.280. The molecule has 4 aromatic carbocycles. The number of amides is 2. The molecule has 0 saturated heterocycles. The summed E-state index contributed by atoms with van der Waals surface area (Å²) in [5.41, 5.74) is 3.03. The van der Waals surface area contributed by atoms with Gasteiger partial charge in [-0.3, -0.25) is 13.9 Å². The lowest BCUT2D eigenvalue weighted by molar-refractivity contribution is -0.140. The molecule has 0 radical (unpaired) electrons. The molecule has 240 valence electrons. The first-order chi connectivity index (χ1) is 22.3. The van der Waals surface area contributed by atoms with Crippen molar-refractivity contribution in [2.75, 3.05) is 18.0 Å². The van der Waals surface area contributed by atoms with Crippen LogP contribution in [0.5, 0.6) is 5.75 Å². The monoisotopic (exact) mass is 639 g/mol. The van der Waals surface area contributed by atoms with E-state index < -0.39 is 28.5 Å². The lowest BCUT2D eigenvalue weighted by Crippen LogP contribution is -2.54. The van der Waals surface area contributed by atoms with Crippen molar-refractivity contribution < 1.29 is 22.7 Å². The number of carbonyl (C=O) groups is 2. The van der Waals surface area contributed by atoms with E-state index in [1.165, 1.54) is 19.2 Å². The number of anilines is 1. The summed E-state index contributed by atoms with van der Waals surface area (Å²) >= 11 is 0. The van der Waals surface area contributed by atoms with Crippen LogP contribution in [0.3, 0.4) is 0 Å². The van der Waals surface area contributed by atoms with Crippen LogP contribution in [0.2, 0.25) is 0 Å². The Bertz CT molecular complexity index is 1720. The Labute approximate surface area is 272 Å². The van der Waals surface area contributed by atoms with Gasteiger partial charge in [0, 0.05) is 25.1 Å².